The number of hydrogen-bond acceptors (Lipinski definition) is 4. The largest absolute Gasteiger partial charge is 0.242 e. The second-order valence-electron chi connectivity index (χ2n) is 2.57. The third kappa shape index (κ3) is 2.60. The van der Waals surface area contributed by atoms with Gasteiger partial charge in [-0.2, -0.15) is 17.0 Å². The van der Waals surface area contributed by atoms with Gasteiger partial charge < -0.3 is 0 Å². The predicted octanol–water partition coefficient (Wildman–Crippen LogP) is 1.48. The van der Waals surface area contributed by atoms with E-state index in [4.69, 9.17) is 12.2 Å². The van der Waals surface area contributed by atoms with E-state index in [1.165, 1.54) is 0 Å². The molecule has 0 aliphatic carbocycles. The molecule has 0 bridgehead atoms. The van der Waals surface area contributed by atoms with Gasteiger partial charge in [-0.05, 0) is 24.9 Å². The number of aromatic nitrogens is 4. The molecule has 0 aromatic carbocycles. The summed E-state index contributed by atoms with van der Waals surface area (Å²) >= 11 is 6.78. The van der Waals surface area contributed by atoms with Gasteiger partial charge in [-0.3, -0.25) is 0 Å². The Hall–Kier alpha value is -0.360. The number of rotatable bonds is 4. The van der Waals surface area contributed by atoms with Crippen molar-refractivity contribution in [3.63, 3.8) is 0 Å². The van der Waals surface area contributed by atoms with Gasteiger partial charge in [-0.25, -0.2) is 4.68 Å². The molecule has 1 atom stereocenters. The van der Waals surface area contributed by atoms with Crippen LogP contribution in [0.4, 0.5) is 0 Å². The zero-order valence-corrected chi connectivity index (χ0v) is 8.78. The number of nitrogens with zero attached hydrogens (tertiary/aromatic N) is 3. The molecule has 1 rings (SSSR count). The van der Waals surface area contributed by atoms with Crippen molar-refractivity contribution in [1.29, 1.82) is 0 Å². The molecule has 0 fully saturated rings. The first-order chi connectivity index (χ1) is 5.74. The SMILES string of the molecule is CSC(C)CCn1[nH]nnc1=S. The Labute approximate surface area is 80.7 Å². The van der Waals surface area contributed by atoms with E-state index in [1.807, 2.05) is 11.8 Å². The fraction of sp³-hybridized carbons (Fsp3) is 0.833. The maximum atomic E-state index is 4.92. The molecule has 0 saturated carbocycles. The van der Waals surface area contributed by atoms with Crippen molar-refractivity contribution in [3.05, 3.63) is 4.77 Å². The molecule has 0 aliphatic rings. The van der Waals surface area contributed by atoms with Crippen molar-refractivity contribution >= 4 is 24.0 Å². The van der Waals surface area contributed by atoms with E-state index in [2.05, 4.69) is 28.7 Å². The normalized spacial score (nSPS) is 13.2. The summed E-state index contributed by atoms with van der Waals surface area (Å²) in [4.78, 5) is 0. The van der Waals surface area contributed by atoms with Gasteiger partial charge >= 0.3 is 0 Å². The second-order valence-corrected chi connectivity index (χ2v) is 4.21. The van der Waals surface area contributed by atoms with Gasteiger partial charge in [0, 0.05) is 11.8 Å². The van der Waals surface area contributed by atoms with Crippen molar-refractivity contribution in [1.82, 2.24) is 20.2 Å². The van der Waals surface area contributed by atoms with Crippen LogP contribution in [0.3, 0.4) is 0 Å². The molecule has 12 heavy (non-hydrogen) atoms. The van der Waals surface area contributed by atoms with Crippen LogP contribution in [-0.4, -0.2) is 31.7 Å². The van der Waals surface area contributed by atoms with Crippen LogP contribution in [-0.2, 0) is 6.54 Å². The van der Waals surface area contributed by atoms with Gasteiger partial charge in [0.25, 0.3) is 0 Å². The molecule has 68 valence electrons. The van der Waals surface area contributed by atoms with Crippen molar-refractivity contribution < 1.29 is 0 Å². The highest BCUT2D eigenvalue weighted by molar-refractivity contribution is 7.99. The van der Waals surface area contributed by atoms with E-state index in [1.54, 1.807) is 4.68 Å². The molecule has 0 radical (unpaired) electrons. The molecule has 1 heterocycles. The number of thioether (sulfide) groups is 1. The fourth-order valence-electron chi connectivity index (χ4n) is 0.790. The molecule has 1 aromatic rings. The molecule has 6 heteroatoms. The molecular formula is C6H12N4S2. The van der Waals surface area contributed by atoms with Crippen LogP contribution in [0.25, 0.3) is 0 Å². The van der Waals surface area contributed by atoms with E-state index >= 15 is 0 Å². The quantitative estimate of drug-likeness (QED) is 0.755. The molecule has 4 nitrogen and oxygen atoms in total. The molecule has 1 unspecified atom stereocenters. The maximum absolute atomic E-state index is 4.92. The molecule has 0 spiro atoms. The highest BCUT2D eigenvalue weighted by Crippen LogP contribution is 2.09. The molecule has 1 N–H and O–H groups in total. The van der Waals surface area contributed by atoms with E-state index in [9.17, 15) is 0 Å². The Morgan fingerprint density at radius 1 is 1.75 bits per heavy atom. The summed E-state index contributed by atoms with van der Waals surface area (Å²) in [5.41, 5.74) is 0. The van der Waals surface area contributed by atoms with Gasteiger partial charge in [0.05, 0.1) is 0 Å². The Morgan fingerprint density at radius 2 is 2.50 bits per heavy atom. The summed E-state index contributed by atoms with van der Waals surface area (Å²) in [6.45, 7) is 3.06. The molecule has 0 amide bonds. The van der Waals surface area contributed by atoms with Crippen LogP contribution in [0.5, 0.6) is 0 Å². The molecule has 1 aromatic heterocycles. The Kier molecular flexibility index (Phi) is 3.74. The molecule has 0 aliphatic heterocycles. The Balaban J connectivity index is 2.43. The van der Waals surface area contributed by atoms with Gasteiger partial charge in [0.1, 0.15) is 0 Å². The smallest absolute Gasteiger partial charge is 0.238 e. The van der Waals surface area contributed by atoms with Crippen molar-refractivity contribution in [2.45, 2.75) is 25.1 Å². The van der Waals surface area contributed by atoms with Gasteiger partial charge in [0.2, 0.25) is 4.77 Å². The minimum Gasteiger partial charge on any atom is -0.242 e. The third-order valence-electron chi connectivity index (χ3n) is 1.69. The number of aryl methyl sites for hydroxylation is 1. The molecular weight excluding hydrogens is 192 g/mol. The fourth-order valence-corrected chi connectivity index (χ4v) is 1.30. The highest BCUT2D eigenvalue weighted by atomic mass is 32.2. The van der Waals surface area contributed by atoms with E-state index in [0.717, 1.165) is 13.0 Å². The van der Waals surface area contributed by atoms with Crippen LogP contribution < -0.4 is 0 Å². The van der Waals surface area contributed by atoms with Crippen molar-refractivity contribution in [2.75, 3.05) is 6.26 Å². The lowest BCUT2D eigenvalue weighted by atomic mass is 10.3. The Bertz CT molecular complexity index is 279. The van der Waals surface area contributed by atoms with Gasteiger partial charge in [0.15, 0.2) is 0 Å². The average molecular weight is 204 g/mol. The average Bonchev–Trinajstić information content (AvgIpc) is 2.47. The van der Waals surface area contributed by atoms with E-state index in [-0.39, 0.29) is 0 Å². The second kappa shape index (κ2) is 4.61. The van der Waals surface area contributed by atoms with Crippen LogP contribution in [0.1, 0.15) is 13.3 Å². The lowest BCUT2D eigenvalue weighted by Crippen LogP contribution is -2.06. The summed E-state index contributed by atoms with van der Waals surface area (Å²) in [6, 6.07) is 0. The topological polar surface area (TPSA) is 46.5 Å². The van der Waals surface area contributed by atoms with Crippen LogP contribution >= 0.6 is 24.0 Å². The van der Waals surface area contributed by atoms with Crippen LogP contribution in [0.2, 0.25) is 0 Å². The van der Waals surface area contributed by atoms with Gasteiger partial charge in [-0.15, -0.1) is 0 Å². The molecule has 0 saturated heterocycles. The number of H-pyrrole nitrogens is 1. The number of nitrogens with one attached hydrogen (secondary N) is 1. The minimum atomic E-state index is 0.531. The number of tetrazole rings is 1. The number of hydrogen-bond donors (Lipinski definition) is 1. The summed E-state index contributed by atoms with van der Waals surface area (Å²) in [7, 11) is 0. The lowest BCUT2D eigenvalue weighted by Gasteiger charge is -2.06. The summed E-state index contributed by atoms with van der Waals surface area (Å²) in [5.74, 6) is 0. The van der Waals surface area contributed by atoms with Crippen LogP contribution in [0, 0.1) is 4.77 Å². The van der Waals surface area contributed by atoms with Crippen molar-refractivity contribution in [3.8, 4) is 0 Å². The van der Waals surface area contributed by atoms with E-state index < -0.39 is 0 Å². The van der Waals surface area contributed by atoms with Crippen LogP contribution in [0.15, 0.2) is 0 Å². The lowest BCUT2D eigenvalue weighted by molar-refractivity contribution is 0.553. The predicted molar refractivity (Wildman–Crippen MR) is 52.8 cm³/mol. The number of aromatic amines is 1. The van der Waals surface area contributed by atoms with E-state index in [0.29, 0.717) is 10.0 Å². The maximum Gasteiger partial charge on any atom is 0.238 e. The standard InChI is InChI=1S/C6H12N4S2/c1-5(12-2)3-4-10-6(11)7-8-9-10/h5H,3-4H2,1-2H3,(H,7,9,11). The highest BCUT2D eigenvalue weighted by Gasteiger charge is 2.00. The first kappa shape index (κ1) is 9.73. The summed E-state index contributed by atoms with van der Waals surface area (Å²) < 4.78 is 2.31. The Morgan fingerprint density at radius 3 is 3.00 bits per heavy atom. The summed E-state index contributed by atoms with van der Waals surface area (Å²) in [5, 5.41) is 10.7. The van der Waals surface area contributed by atoms with Crippen molar-refractivity contribution in [2.24, 2.45) is 0 Å². The summed E-state index contributed by atoms with van der Waals surface area (Å²) in [6.07, 6.45) is 3.19. The first-order valence-electron chi connectivity index (χ1n) is 3.74. The zero-order chi connectivity index (χ0) is 8.97. The zero-order valence-electron chi connectivity index (χ0n) is 7.15. The monoisotopic (exact) mass is 204 g/mol. The first-order valence-corrected chi connectivity index (χ1v) is 5.44. The van der Waals surface area contributed by atoms with Gasteiger partial charge in [-0.1, -0.05) is 17.2 Å². The third-order valence-corrected chi connectivity index (χ3v) is 3.04. The minimum absolute atomic E-state index is 0.531.